The SMILES string of the molecule is COC(OC)C(C)NS(=O)(=O)c1ccccc1C#N. The molecule has 104 valence electrons. The van der Waals surface area contributed by atoms with E-state index in [0.717, 1.165) is 0 Å². The van der Waals surface area contributed by atoms with Crippen molar-refractivity contribution in [2.75, 3.05) is 14.2 Å². The van der Waals surface area contributed by atoms with Crippen molar-refractivity contribution in [1.82, 2.24) is 4.72 Å². The number of nitrogens with one attached hydrogen (secondary N) is 1. The first kappa shape index (κ1) is 15.6. The molecule has 1 atom stereocenters. The Morgan fingerprint density at radius 3 is 2.37 bits per heavy atom. The van der Waals surface area contributed by atoms with Crippen LogP contribution in [0.5, 0.6) is 0 Å². The number of nitriles is 1. The van der Waals surface area contributed by atoms with Crippen LogP contribution in [0.4, 0.5) is 0 Å². The Morgan fingerprint density at radius 1 is 1.26 bits per heavy atom. The number of sulfonamides is 1. The zero-order chi connectivity index (χ0) is 14.5. The predicted molar refractivity (Wildman–Crippen MR) is 68.7 cm³/mol. The molecular weight excluding hydrogens is 268 g/mol. The standard InChI is InChI=1S/C12H16N2O4S/c1-9(12(17-2)18-3)14-19(15,16)11-7-5-4-6-10(11)8-13/h4-7,9,12,14H,1-3H3. The van der Waals surface area contributed by atoms with Crippen molar-refractivity contribution in [3.05, 3.63) is 29.8 Å². The van der Waals surface area contributed by atoms with Gasteiger partial charge in [-0.15, -0.1) is 0 Å². The summed E-state index contributed by atoms with van der Waals surface area (Å²) in [4.78, 5) is -0.0599. The summed E-state index contributed by atoms with van der Waals surface area (Å²) < 4.78 is 36.8. The van der Waals surface area contributed by atoms with Crippen molar-refractivity contribution in [2.24, 2.45) is 0 Å². The minimum absolute atomic E-state index is 0.0599. The summed E-state index contributed by atoms with van der Waals surface area (Å²) in [6.45, 7) is 1.62. The minimum Gasteiger partial charge on any atom is -0.354 e. The van der Waals surface area contributed by atoms with Crippen molar-refractivity contribution in [3.8, 4) is 6.07 Å². The Kier molecular flexibility index (Phi) is 5.44. The lowest BCUT2D eigenvalue weighted by atomic mass is 10.2. The third-order valence-corrected chi connectivity index (χ3v) is 4.13. The Hall–Kier alpha value is -1.46. The lowest BCUT2D eigenvalue weighted by Gasteiger charge is -2.22. The van der Waals surface area contributed by atoms with Gasteiger partial charge in [0.15, 0.2) is 6.29 Å². The highest BCUT2D eigenvalue weighted by molar-refractivity contribution is 7.89. The molecule has 0 aliphatic heterocycles. The minimum atomic E-state index is -3.80. The van der Waals surface area contributed by atoms with Crippen molar-refractivity contribution in [3.63, 3.8) is 0 Å². The van der Waals surface area contributed by atoms with Crippen LogP contribution in [-0.2, 0) is 19.5 Å². The molecule has 0 saturated heterocycles. The number of benzene rings is 1. The van der Waals surface area contributed by atoms with Gasteiger partial charge in [0.05, 0.1) is 16.5 Å². The largest absolute Gasteiger partial charge is 0.354 e. The predicted octanol–water partition coefficient (Wildman–Crippen LogP) is 0.844. The van der Waals surface area contributed by atoms with E-state index in [-0.39, 0.29) is 10.5 Å². The zero-order valence-electron chi connectivity index (χ0n) is 11.0. The first-order valence-corrected chi connectivity index (χ1v) is 7.01. The van der Waals surface area contributed by atoms with E-state index >= 15 is 0 Å². The van der Waals surface area contributed by atoms with Gasteiger partial charge in [-0.25, -0.2) is 13.1 Å². The van der Waals surface area contributed by atoms with Gasteiger partial charge < -0.3 is 9.47 Å². The second-order valence-corrected chi connectivity index (χ2v) is 5.54. The van der Waals surface area contributed by atoms with Gasteiger partial charge in [0.2, 0.25) is 10.0 Å². The van der Waals surface area contributed by atoms with Crippen LogP contribution in [0, 0.1) is 11.3 Å². The second kappa shape index (κ2) is 6.63. The lowest BCUT2D eigenvalue weighted by Crippen LogP contribution is -2.43. The number of methoxy groups -OCH3 is 2. The van der Waals surface area contributed by atoms with E-state index in [2.05, 4.69) is 4.72 Å². The summed E-state index contributed by atoms with van der Waals surface area (Å²) in [5.74, 6) is 0. The third-order valence-electron chi connectivity index (χ3n) is 2.51. The summed E-state index contributed by atoms with van der Waals surface area (Å²) in [6, 6.07) is 7.25. The Bertz CT molecular complexity index is 561. The highest BCUT2D eigenvalue weighted by Crippen LogP contribution is 2.15. The summed E-state index contributed by atoms with van der Waals surface area (Å²) in [7, 11) is -0.962. The number of nitrogens with zero attached hydrogens (tertiary/aromatic N) is 1. The van der Waals surface area contributed by atoms with Crippen LogP contribution in [0.15, 0.2) is 29.2 Å². The topological polar surface area (TPSA) is 88.4 Å². The molecule has 7 heteroatoms. The van der Waals surface area contributed by atoms with Crippen LogP contribution in [-0.4, -0.2) is 35.0 Å². The van der Waals surface area contributed by atoms with E-state index in [1.165, 1.54) is 26.4 Å². The Labute approximate surface area is 113 Å². The molecule has 0 radical (unpaired) electrons. The van der Waals surface area contributed by atoms with Gasteiger partial charge >= 0.3 is 0 Å². The van der Waals surface area contributed by atoms with E-state index in [9.17, 15) is 8.42 Å². The van der Waals surface area contributed by atoms with Crippen molar-refractivity contribution in [2.45, 2.75) is 24.2 Å². The second-order valence-electron chi connectivity index (χ2n) is 3.86. The van der Waals surface area contributed by atoms with Gasteiger partial charge in [-0.1, -0.05) is 12.1 Å². The highest BCUT2D eigenvalue weighted by Gasteiger charge is 2.25. The highest BCUT2D eigenvalue weighted by atomic mass is 32.2. The van der Waals surface area contributed by atoms with Crippen LogP contribution in [0.1, 0.15) is 12.5 Å². The maximum atomic E-state index is 12.2. The van der Waals surface area contributed by atoms with Crippen LogP contribution in [0.3, 0.4) is 0 Å². The first-order chi connectivity index (χ1) is 8.96. The van der Waals surface area contributed by atoms with Crippen molar-refractivity contribution >= 4 is 10.0 Å². The molecule has 0 heterocycles. The molecular formula is C12H16N2O4S. The molecule has 1 aromatic rings. The summed E-state index contributed by atoms with van der Waals surface area (Å²) in [5, 5.41) is 8.93. The lowest BCUT2D eigenvalue weighted by molar-refractivity contribution is -0.115. The number of ether oxygens (including phenoxy) is 2. The van der Waals surface area contributed by atoms with Gasteiger partial charge in [0.25, 0.3) is 0 Å². The smallest absolute Gasteiger partial charge is 0.242 e. The maximum Gasteiger partial charge on any atom is 0.242 e. The average Bonchev–Trinajstić information content (AvgIpc) is 2.39. The molecule has 0 aliphatic carbocycles. The molecule has 0 bridgehead atoms. The van der Waals surface area contributed by atoms with Crippen LogP contribution >= 0.6 is 0 Å². The van der Waals surface area contributed by atoms with Gasteiger partial charge in [-0.05, 0) is 19.1 Å². The molecule has 0 aliphatic rings. The normalized spacial score (nSPS) is 13.2. The summed E-state index contributed by atoms with van der Waals surface area (Å²) in [5.41, 5.74) is 0.0913. The molecule has 1 rings (SSSR count). The van der Waals surface area contributed by atoms with Crippen molar-refractivity contribution < 1.29 is 17.9 Å². The molecule has 1 aromatic carbocycles. The van der Waals surface area contributed by atoms with Gasteiger partial charge in [-0.2, -0.15) is 5.26 Å². The number of hydrogen-bond donors (Lipinski definition) is 1. The van der Waals surface area contributed by atoms with Crippen molar-refractivity contribution in [1.29, 1.82) is 5.26 Å². The molecule has 1 N–H and O–H groups in total. The summed E-state index contributed by atoms with van der Waals surface area (Å²) in [6.07, 6.45) is -0.705. The monoisotopic (exact) mass is 284 g/mol. The third kappa shape index (κ3) is 3.75. The van der Waals surface area contributed by atoms with E-state index in [1.807, 2.05) is 6.07 Å². The van der Waals surface area contributed by atoms with Crippen LogP contribution < -0.4 is 4.72 Å². The molecule has 0 spiro atoms. The fraction of sp³-hybridized carbons (Fsp3) is 0.417. The number of hydrogen-bond acceptors (Lipinski definition) is 5. The summed E-state index contributed by atoms with van der Waals surface area (Å²) >= 11 is 0. The fourth-order valence-corrected chi connectivity index (χ4v) is 3.05. The van der Waals surface area contributed by atoms with Gasteiger partial charge in [-0.3, -0.25) is 0 Å². The average molecular weight is 284 g/mol. The quantitative estimate of drug-likeness (QED) is 0.782. The molecule has 0 saturated carbocycles. The van der Waals surface area contributed by atoms with Gasteiger partial charge in [0, 0.05) is 14.2 Å². The zero-order valence-corrected chi connectivity index (χ0v) is 11.8. The van der Waals surface area contributed by atoms with Gasteiger partial charge in [0.1, 0.15) is 6.07 Å². The fourth-order valence-electron chi connectivity index (χ4n) is 1.66. The first-order valence-electron chi connectivity index (χ1n) is 5.53. The van der Waals surface area contributed by atoms with E-state index in [4.69, 9.17) is 14.7 Å². The molecule has 19 heavy (non-hydrogen) atoms. The van der Waals surface area contributed by atoms with E-state index in [0.29, 0.717) is 0 Å². The molecule has 0 aromatic heterocycles. The van der Waals surface area contributed by atoms with E-state index in [1.54, 1.807) is 19.1 Å². The Morgan fingerprint density at radius 2 is 1.84 bits per heavy atom. The molecule has 0 amide bonds. The molecule has 0 fully saturated rings. The van der Waals surface area contributed by atoms with Crippen LogP contribution in [0.25, 0.3) is 0 Å². The van der Waals surface area contributed by atoms with Crippen LogP contribution in [0.2, 0.25) is 0 Å². The molecule has 6 nitrogen and oxygen atoms in total. The number of rotatable bonds is 6. The maximum absolute atomic E-state index is 12.2. The Balaban J connectivity index is 3.03. The van der Waals surface area contributed by atoms with E-state index < -0.39 is 22.4 Å². The molecule has 1 unspecified atom stereocenters.